The number of pyridine rings is 1. The first-order valence-corrected chi connectivity index (χ1v) is 12.4. The number of hydrogen-bond donors (Lipinski definition) is 2. The molecule has 1 atom stereocenters. The van der Waals surface area contributed by atoms with E-state index in [2.05, 4.69) is 10.3 Å². The molecule has 1 fully saturated rings. The minimum absolute atomic E-state index is 0.0376. The fraction of sp³-hybridized carbons (Fsp3) is 0.455. The van der Waals surface area contributed by atoms with E-state index in [1.807, 2.05) is 16.7 Å². The van der Waals surface area contributed by atoms with Crippen molar-refractivity contribution < 1.29 is 26.4 Å². The number of hydrogen-bond acceptors (Lipinski definition) is 6. The summed E-state index contributed by atoms with van der Waals surface area (Å²) >= 11 is 0. The lowest BCUT2D eigenvalue weighted by atomic mass is 10.1. The summed E-state index contributed by atoms with van der Waals surface area (Å²) in [5.41, 5.74) is 0.0909. The summed E-state index contributed by atoms with van der Waals surface area (Å²) in [6.07, 6.45) is -2.29. The molecule has 0 bridgehead atoms. The van der Waals surface area contributed by atoms with Crippen molar-refractivity contribution in [2.45, 2.75) is 36.9 Å². The van der Waals surface area contributed by atoms with E-state index in [-0.39, 0.29) is 16.8 Å². The molecule has 1 aliphatic rings. The molecule has 0 aliphatic carbocycles. The number of nitrogens with zero attached hydrogens (tertiary/aromatic N) is 3. The number of primary sulfonamides is 1. The lowest BCUT2D eigenvalue weighted by Crippen LogP contribution is -2.47. The smallest absolute Gasteiger partial charge is 0.355 e. The monoisotopic (exact) mass is 499 g/mol. The molecule has 3 N–H and O–H groups in total. The molecule has 186 valence electrons. The maximum Gasteiger partial charge on any atom is 0.417 e. The van der Waals surface area contributed by atoms with Crippen LogP contribution in [0.5, 0.6) is 0 Å². The third-order valence-corrected chi connectivity index (χ3v) is 6.75. The summed E-state index contributed by atoms with van der Waals surface area (Å²) in [5, 5.41) is 7.99. The van der Waals surface area contributed by atoms with E-state index >= 15 is 0 Å². The maximum absolute atomic E-state index is 12.8. The fourth-order valence-corrected chi connectivity index (χ4v) is 4.30. The van der Waals surface area contributed by atoms with Crippen LogP contribution in [0, 0.1) is 0 Å². The molecular formula is C22H28F3N5O3S. The van der Waals surface area contributed by atoms with E-state index < -0.39 is 21.8 Å². The van der Waals surface area contributed by atoms with Crippen LogP contribution in [0.3, 0.4) is 0 Å². The molecule has 1 unspecified atom stereocenters. The number of sulfonamides is 1. The van der Waals surface area contributed by atoms with Gasteiger partial charge in [-0.05, 0) is 49.6 Å². The Morgan fingerprint density at radius 1 is 1.12 bits per heavy atom. The predicted molar refractivity (Wildman–Crippen MR) is 122 cm³/mol. The van der Waals surface area contributed by atoms with Gasteiger partial charge in [-0.2, -0.15) is 13.2 Å². The van der Waals surface area contributed by atoms with Crippen molar-refractivity contribution in [1.82, 2.24) is 15.2 Å². The topological polar surface area (TPSA) is 109 Å². The zero-order valence-electron chi connectivity index (χ0n) is 18.8. The van der Waals surface area contributed by atoms with Gasteiger partial charge in [0, 0.05) is 38.9 Å². The SMILES string of the molecule is CC(C(=O)NCCc1ccc(S(N)(=O)=O)cc1)N1CCCN(c2ccc(C(F)(F)F)cn2)CC1. The van der Waals surface area contributed by atoms with Gasteiger partial charge in [0.1, 0.15) is 5.82 Å². The highest BCUT2D eigenvalue weighted by molar-refractivity contribution is 7.89. The molecule has 2 heterocycles. The number of carbonyl (C=O) groups is 1. The number of alkyl halides is 3. The van der Waals surface area contributed by atoms with E-state index in [9.17, 15) is 26.4 Å². The predicted octanol–water partition coefficient (Wildman–Crippen LogP) is 2.01. The second kappa shape index (κ2) is 10.7. The Balaban J connectivity index is 1.48. The average Bonchev–Trinajstić information content (AvgIpc) is 3.04. The maximum atomic E-state index is 12.8. The number of halogens is 3. The molecule has 1 saturated heterocycles. The van der Waals surface area contributed by atoms with Crippen molar-refractivity contribution in [2.24, 2.45) is 5.14 Å². The standard InChI is InChI=1S/C22H28F3N5O3S/c1-16(21(31)27-10-9-17-3-6-19(7-4-17)34(26,32)33)29-11-2-12-30(14-13-29)20-8-5-18(15-28-20)22(23,24)25/h3-8,15-16H,2,9-14H2,1H3,(H,27,31)(H2,26,32,33). The Hall–Kier alpha value is -2.70. The third kappa shape index (κ3) is 6.90. The molecule has 0 radical (unpaired) electrons. The van der Waals surface area contributed by atoms with Gasteiger partial charge in [0.05, 0.1) is 16.5 Å². The zero-order chi connectivity index (χ0) is 24.9. The molecule has 34 heavy (non-hydrogen) atoms. The number of carbonyl (C=O) groups excluding carboxylic acids is 1. The first-order valence-electron chi connectivity index (χ1n) is 10.9. The van der Waals surface area contributed by atoms with Crippen LogP contribution in [-0.4, -0.2) is 63.0 Å². The van der Waals surface area contributed by atoms with Gasteiger partial charge in [0.2, 0.25) is 15.9 Å². The Bertz CT molecular complexity index is 1080. The Morgan fingerprint density at radius 3 is 2.41 bits per heavy atom. The Kier molecular flexibility index (Phi) is 8.16. The lowest BCUT2D eigenvalue weighted by Gasteiger charge is -2.27. The number of anilines is 1. The van der Waals surface area contributed by atoms with E-state index in [1.165, 1.54) is 18.2 Å². The van der Waals surface area contributed by atoms with Gasteiger partial charge >= 0.3 is 6.18 Å². The van der Waals surface area contributed by atoms with Crippen molar-refractivity contribution in [2.75, 3.05) is 37.6 Å². The molecular weight excluding hydrogens is 471 g/mol. The van der Waals surface area contributed by atoms with Crippen LogP contribution < -0.4 is 15.4 Å². The first kappa shape index (κ1) is 25.9. The molecule has 1 aliphatic heterocycles. The van der Waals surface area contributed by atoms with Crippen molar-refractivity contribution in [3.8, 4) is 0 Å². The average molecular weight is 500 g/mol. The van der Waals surface area contributed by atoms with Crippen LogP contribution in [0.15, 0.2) is 47.5 Å². The first-order chi connectivity index (χ1) is 15.9. The Morgan fingerprint density at radius 2 is 1.82 bits per heavy atom. The molecule has 2 aromatic rings. The molecule has 1 aromatic carbocycles. The molecule has 1 amide bonds. The van der Waals surface area contributed by atoms with Crippen molar-refractivity contribution in [3.05, 3.63) is 53.7 Å². The highest BCUT2D eigenvalue weighted by atomic mass is 32.2. The largest absolute Gasteiger partial charge is 0.417 e. The number of aromatic nitrogens is 1. The number of nitrogens with two attached hydrogens (primary N) is 1. The van der Waals surface area contributed by atoms with Gasteiger partial charge in [-0.25, -0.2) is 18.5 Å². The summed E-state index contributed by atoms with van der Waals surface area (Å²) in [4.78, 5) is 20.6. The number of amides is 1. The minimum Gasteiger partial charge on any atom is -0.355 e. The van der Waals surface area contributed by atoms with Gasteiger partial charge < -0.3 is 10.2 Å². The number of benzene rings is 1. The summed E-state index contributed by atoms with van der Waals surface area (Å²) in [6, 6.07) is 8.23. The van der Waals surface area contributed by atoms with Crippen molar-refractivity contribution >= 4 is 21.7 Å². The van der Waals surface area contributed by atoms with E-state index in [0.29, 0.717) is 45.0 Å². The van der Waals surface area contributed by atoms with E-state index in [1.54, 1.807) is 12.1 Å². The molecule has 3 rings (SSSR count). The number of rotatable bonds is 7. The highest BCUT2D eigenvalue weighted by Gasteiger charge is 2.31. The molecule has 12 heteroatoms. The molecule has 1 aromatic heterocycles. The summed E-state index contributed by atoms with van der Waals surface area (Å²) in [6.45, 7) is 4.66. The van der Waals surface area contributed by atoms with Gasteiger partial charge in [-0.3, -0.25) is 9.69 Å². The van der Waals surface area contributed by atoms with Gasteiger partial charge in [0.25, 0.3) is 0 Å². The third-order valence-electron chi connectivity index (χ3n) is 5.82. The summed E-state index contributed by atoms with van der Waals surface area (Å²) in [5.74, 6) is 0.364. The van der Waals surface area contributed by atoms with Crippen LogP contribution in [0.4, 0.5) is 19.0 Å². The minimum atomic E-state index is -4.42. The van der Waals surface area contributed by atoms with Gasteiger partial charge in [0.15, 0.2) is 0 Å². The van der Waals surface area contributed by atoms with Crippen LogP contribution in [0.25, 0.3) is 0 Å². The number of nitrogens with one attached hydrogen (secondary N) is 1. The van der Waals surface area contributed by atoms with Crippen LogP contribution in [-0.2, 0) is 27.4 Å². The lowest BCUT2D eigenvalue weighted by molar-refractivity contribution is -0.137. The highest BCUT2D eigenvalue weighted by Crippen LogP contribution is 2.29. The van der Waals surface area contributed by atoms with E-state index in [0.717, 1.165) is 24.2 Å². The van der Waals surface area contributed by atoms with Gasteiger partial charge in [-0.15, -0.1) is 0 Å². The van der Waals surface area contributed by atoms with Crippen LogP contribution in [0.1, 0.15) is 24.5 Å². The Labute approximate surface area is 197 Å². The van der Waals surface area contributed by atoms with E-state index in [4.69, 9.17) is 5.14 Å². The second-order valence-corrected chi connectivity index (χ2v) is 9.75. The quantitative estimate of drug-likeness (QED) is 0.603. The van der Waals surface area contributed by atoms with Gasteiger partial charge in [-0.1, -0.05) is 12.1 Å². The van der Waals surface area contributed by atoms with Crippen LogP contribution in [0.2, 0.25) is 0 Å². The van der Waals surface area contributed by atoms with Crippen molar-refractivity contribution in [3.63, 3.8) is 0 Å². The molecule has 0 saturated carbocycles. The molecule has 0 spiro atoms. The summed E-state index contributed by atoms with van der Waals surface area (Å²) in [7, 11) is -3.74. The normalized spacial score (nSPS) is 16.7. The van der Waals surface area contributed by atoms with Crippen molar-refractivity contribution in [1.29, 1.82) is 0 Å². The zero-order valence-corrected chi connectivity index (χ0v) is 19.6. The molecule has 8 nitrogen and oxygen atoms in total. The fourth-order valence-electron chi connectivity index (χ4n) is 3.78. The van der Waals surface area contributed by atoms with Crippen LogP contribution >= 0.6 is 0 Å². The summed E-state index contributed by atoms with van der Waals surface area (Å²) < 4.78 is 60.9. The second-order valence-electron chi connectivity index (χ2n) is 8.19.